The van der Waals surface area contributed by atoms with Crippen molar-refractivity contribution in [1.29, 1.82) is 0 Å². The van der Waals surface area contributed by atoms with Gasteiger partial charge in [-0.15, -0.1) is 0 Å². The molecule has 4 rings (SSSR count). The van der Waals surface area contributed by atoms with Crippen LogP contribution in [0.4, 0.5) is 26.0 Å². The molecule has 7 nitrogen and oxygen atoms in total. The average molecular weight is 384 g/mol. The largest absolute Gasteiger partial charge is 0.486 e. The van der Waals surface area contributed by atoms with Crippen molar-refractivity contribution in [3.8, 4) is 11.5 Å². The maximum absolute atomic E-state index is 13.8. The summed E-state index contributed by atoms with van der Waals surface area (Å²) in [4.78, 5) is 20.3. The molecule has 28 heavy (non-hydrogen) atoms. The number of hydrogen-bond acceptors (Lipinski definition) is 6. The number of anilines is 3. The summed E-state index contributed by atoms with van der Waals surface area (Å²) >= 11 is 0. The molecule has 2 heterocycles. The zero-order valence-electron chi connectivity index (χ0n) is 14.4. The van der Waals surface area contributed by atoms with Crippen molar-refractivity contribution in [2.45, 2.75) is 0 Å². The molecule has 0 atom stereocenters. The van der Waals surface area contributed by atoms with Gasteiger partial charge in [0.2, 0.25) is 0 Å². The first-order valence-corrected chi connectivity index (χ1v) is 8.33. The van der Waals surface area contributed by atoms with Crippen LogP contribution in [0.1, 0.15) is 10.5 Å². The molecule has 2 N–H and O–H groups in total. The van der Waals surface area contributed by atoms with Crippen molar-refractivity contribution in [1.82, 2.24) is 9.97 Å². The lowest BCUT2D eigenvalue weighted by Crippen LogP contribution is -2.17. The molecule has 1 amide bonds. The van der Waals surface area contributed by atoms with Crippen LogP contribution in [0.15, 0.2) is 48.8 Å². The number of carbonyl (C=O) groups excluding carboxylic acids is 1. The van der Waals surface area contributed by atoms with Gasteiger partial charge in [0, 0.05) is 23.9 Å². The van der Waals surface area contributed by atoms with Gasteiger partial charge in [0.15, 0.2) is 11.5 Å². The van der Waals surface area contributed by atoms with E-state index in [1.165, 1.54) is 18.5 Å². The Bertz CT molecular complexity index is 1050. The zero-order valence-corrected chi connectivity index (χ0v) is 14.4. The van der Waals surface area contributed by atoms with Crippen LogP contribution in [0.2, 0.25) is 0 Å². The Hall–Kier alpha value is -3.75. The first-order valence-electron chi connectivity index (χ1n) is 8.33. The van der Waals surface area contributed by atoms with E-state index in [9.17, 15) is 13.6 Å². The number of aromatic nitrogens is 2. The fraction of sp³-hybridized carbons (Fsp3) is 0.105. The van der Waals surface area contributed by atoms with Gasteiger partial charge in [-0.1, -0.05) is 0 Å². The van der Waals surface area contributed by atoms with E-state index in [-0.39, 0.29) is 17.2 Å². The van der Waals surface area contributed by atoms with E-state index >= 15 is 0 Å². The fourth-order valence-electron chi connectivity index (χ4n) is 2.59. The molecule has 0 radical (unpaired) electrons. The Balaban J connectivity index is 1.50. The molecule has 0 saturated carbocycles. The number of rotatable bonds is 4. The van der Waals surface area contributed by atoms with Crippen LogP contribution in [0.3, 0.4) is 0 Å². The third-order valence-electron chi connectivity index (χ3n) is 3.89. The monoisotopic (exact) mass is 384 g/mol. The van der Waals surface area contributed by atoms with Crippen LogP contribution in [-0.2, 0) is 0 Å². The predicted octanol–water partition coefficient (Wildman–Crippen LogP) is 3.52. The van der Waals surface area contributed by atoms with Crippen molar-refractivity contribution in [3.63, 3.8) is 0 Å². The first kappa shape index (κ1) is 17.7. The normalized spacial score (nSPS) is 12.4. The minimum atomic E-state index is -0.777. The molecule has 0 saturated heterocycles. The van der Waals surface area contributed by atoms with Crippen LogP contribution in [0, 0.1) is 11.6 Å². The molecule has 1 aliphatic rings. The van der Waals surface area contributed by atoms with E-state index in [1.807, 2.05) is 0 Å². The summed E-state index contributed by atoms with van der Waals surface area (Å²) in [6.07, 6.45) is 1.17. The summed E-state index contributed by atoms with van der Waals surface area (Å²) < 4.78 is 37.7. The highest BCUT2D eigenvalue weighted by Crippen LogP contribution is 2.32. The Morgan fingerprint density at radius 1 is 0.964 bits per heavy atom. The summed E-state index contributed by atoms with van der Waals surface area (Å²) in [5, 5.41) is 5.39. The highest BCUT2D eigenvalue weighted by molar-refractivity contribution is 6.03. The van der Waals surface area contributed by atoms with Crippen LogP contribution in [0.25, 0.3) is 0 Å². The number of carbonyl (C=O) groups is 1. The van der Waals surface area contributed by atoms with Crippen molar-refractivity contribution in [2.24, 2.45) is 0 Å². The number of hydrogen-bond donors (Lipinski definition) is 2. The van der Waals surface area contributed by atoms with Crippen molar-refractivity contribution in [3.05, 3.63) is 66.1 Å². The summed E-state index contributed by atoms with van der Waals surface area (Å²) in [6.45, 7) is 0.912. The Labute approximate surface area is 158 Å². The number of benzene rings is 2. The number of fused-ring (bicyclic) bond motifs is 1. The van der Waals surface area contributed by atoms with Crippen LogP contribution >= 0.6 is 0 Å². The van der Waals surface area contributed by atoms with E-state index in [4.69, 9.17) is 9.47 Å². The van der Waals surface area contributed by atoms with Crippen molar-refractivity contribution < 1.29 is 23.0 Å². The molecule has 9 heteroatoms. The second kappa shape index (κ2) is 7.47. The van der Waals surface area contributed by atoms with Gasteiger partial charge in [-0.3, -0.25) is 4.79 Å². The molecule has 0 spiro atoms. The van der Waals surface area contributed by atoms with E-state index in [0.29, 0.717) is 30.4 Å². The predicted molar refractivity (Wildman–Crippen MR) is 97.1 cm³/mol. The lowest BCUT2D eigenvalue weighted by molar-refractivity contribution is 0.102. The Morgan fingerprint density at radius 2 is 1.79 bits per heavy atom. The maximum atomic E-state index is 13.8. The van der Waals surface area contributed by atoms with Crippen LogP contribution in [0.5, 0.6) is 11.5 Å². The number of halogens is 2. The molecule has 0 unspecified atom stereocenters. The third-order valence-corrected chi connectivity index (χ3v) is 3.89. The highest BCUT2D eigenvalue weighted by Gasteiger charge is 2.15. The van der Waals surface area contributed by atoms with Gasteiger partial charge < -0.3 is 20.1 Å². The molecule has 0 fully saturated rings. The second-order valence-electron chi connectivity index (χ2n) is 5.85. The first-order chi connectivity index (χ1) is 13.6. The van der Waals surface area contributed by atoms with Gasteiger partial charge in [-0.25, -0.2) is 18.7 Å². The van der Waals surface area contributed by atoms with E-state index in [1.54, 1.807) is 18.2 Å². The summed E-state index contributed by atoms with van der Waals surface area (Å²) in [6, 6.07) is 9.49. The lowest BCUT2D eigenvalue weighted by Gasteiger charge is -2.19. The Kier molecular flexibility index (Phi) is 4.71. The third kappa shape index (κ3) is 3.83. The molecule has 1 aliphatic heterocycles. The summed E-state index contributed by atoms with van der Waals surface area (Å²) in [7, 11) is 0. The number of amides is 1. The van der Waals surface area contributed by atoms with Crippen LogP contribution < -0.4 is 20.1 Å². The van der Waals surface area contributed by atoms with Gasteiger partial charge in [0.25, 0.3) is 5.91 Å². The minimum Gasteiger partial charge on any atom is -0.486 e. The lowest BCUT2D eigenvalue weighted by atomic mass is 10.2. The highest BCUT2D eigenvalue weighted by atomic mass is 19.1. The SMILES string of the molecule is O=C(Nc1ccc2c(c1)OCCO2)c1cc(Nc2ccc(F)cc2F)ncn1. The summed E-state index contributed by atoms with van der Waals surface area (Å²) in [5.41, 5.74) is 0.597. The molecule has 2 aromatic carbocycles. The number of nitrogens with one attached hydrogen (secondary N) is 2. The fourth-order valence-corrected chi connectivity index (χ4v) is 2.59. The number of nitrogens with zero attached hydrogens (tertiary/aromatic N) is 2. The van der Waals surface area contributed by atoms with Gasteiger partial charge in [0.1, 0.15) is 42.7 Å². The molecule has 0 bridgehead atoms. The van der Waals surface area contributed by atoms with Gasteiger partial charge in [-0.2, -0.15) is 0 Å². The molecular weight excluding hydrogens is 370 g/mol. The van der Waals surface area contributed by atoms with E-state index in [2.05, 4.69) is 20.6 Å². The van der Waals surface area contributed by atoms with E-state index < -0.39 is 17.5 Å². The van der Waals surface area contributed by atoms with Gasteiger partial charge in [0.05, 0.1) is 5.69 Å². The molecule has 1 aromatic heterocycles. The second-order valence-corrected chi connectivity index (χ2v) is 5.85. The summed E-state index contributed by atoms with van der Waals surface area (Å²) in [5.74, 6) is -0.611. The van der Waals surface area contributed by atoms with Crippen molar-refractivity contribution >= 4 is 23.1 Å². The van der Waals surface area contributed by atoms with Crippen molar-refractivity contribution in [2.75, 3.05) is 23.8 Å². The molecule has 0 aliphatic carbocycles. The Morgan fingerprint density at radius 3 is 2.61 bits per heavy atom. The molecular formula is C19H14F2N4O3. The van der Waals surface area contributed by atoms with Crippen LogP contribution in [-0.4, -0.2) is 29.1 Å². The molecule has 3 aromatic rings. The van der Waals surface area contributed by atoms with Gasteiger partial charge in [-0.05, 0) is 24.3 Å². The van der Waals surface area contributed by atoms with E-state index in [0.717, 1.165) is 12.1 Å². The topological polar surface area (TPSA) is 85.4 Å². The molecule has 142 valence electrons. The quantitative estimate of drug-likeness (QED) is 0.716. The smallest absolute Gasteiger partial charge is 0.274 e. The standard InChI is InChI=1S/C19H14F2N4O3/c20-11-1-3-14(13(21)7-11)25-18-9-15(22-10-23-18)19(26)24-12-2-4-16-17(8-12)28-6-5-27-16/h1-4,7-10H,5-6H2,(H,24,26)(H,22,23,25). The number of ether oxygens (including phenoxy) is 2. The zero-order chi connectivity index (χ0) is 19.5. The average Bonchev–Trinajstić information content (AvgIpc) is 2.70. The maximum Gasteiger partial charge on any atom is 0.274 e. The van der Waals surface area contributed by atoms with Gasteiger partial charge >= 0.3 is 0 Å². The minimum absolute atomic E-state index is 0.0262.